The average molecular weight is 362 g/mol. The third kappa shape index (κ3) is 3.74. The van der Waals surface area contributed by atoms with Gasteiger partial charge in [0.15, 0.2) is 0 Å². The maximum Gasteiger partial charge on any atom is 0.227 e. The smallest absolute Gasteiger partial charge is 0.227 e. The second kappa shape index (κ2) is 6.99. The van der Waals surface area contributed by atoms with Crippen LogP contribution in [-0.2, 0) is 9.59 Å². The lowest BCUT2D eigenvalue weighted by molar-refractivity contribution is -0.130. The molecule has 1 aliphatic carbocycles. The molecule has 1 saturated carbocycles. The van der Waals surface area contributed by atoms with E-state index in [1.54, 1.807) is 0 Å². The van der Waals surface area contributed by atoms with Crippen LogP contribution in [0.15, 0.2) is 36.4 Å². The quantitative estimate of drug-likeness (QED) is 0.629. The summed E-state index contributed by atoms with van der Waals surface area (Å²) < 4.78 is 27.2. The van der Waals surface area contributed by atoms with E-state index in [-0.39, 0.29) is 35.7 Å². The maximum absolute atomic E-state index is 13.6. The molecule has 6 nitrogen and oxygen atoms in total. The van der Waals surface area contributed by atoms with Crippen LogP contribution in [0.1, 0.15) is 12.8 Å². The summed E-state index contributed by atoms with van der Waals surface area (Å²) >= 11 is 0. The Kier molecular flexibility index (Phi) is 4.75. The van der Waals surface area contributed by atoms with Crippen LogP contribution in [0.5, 0.6) is 11.5 Å². The first kappa shape index (κ1) is 17.7. The number of phenolic OH excluding ortho intramolecular Hbond substituents is 2. The topological polar surface area (TPSA) is 98.7 Å². The minimum atomic E-state index is -0.755. The van der Waals surface area contributed by atoms with Crippen molar-refractivity contribution in [2.75, 3.05) is 10.6 Å². The Labute approximate surface area is 147 Å². The number of benzene rings is 2. The second-order valence-corrected chi connectivity index (χ2v) is 6.17. The van der Waals surface area contributed by atoms with Crippen LogP contribution in [0.3, 0.4) is 0 Å². The lowest BCUT2D eigenvalue weighted by Gasteiger charge is -2.33. The highest BCUT2D eigenvalue weighted by Crippen LogP contribution is 2.36. The maximum atomic E-state index is 13.6. The van der Waals surface area contributed by atoms with E-state index >= 15 is 0 Å². The Morgan fingerprint density at radius 2 is 1.19 bits per heavy atom. The van der Waals surface area contributed by atoms with Crippen molar-refractivity contribution in [3.05, 3.63) is 48.0 Å². The van der Waals surface area contributed by atoms with Crippen molar-refractivity contribution in [1.29, 1.82) is 0 Å². The van der Waals surface area contributed by atoms with Crippen molar-refractivity contribution < 1.29 is 28.6 Å². The van der Waals surface area contributed by atoms with Crippen molar-refractivity contribution >= 4 is 23.2 Å². The summed E-state index contributed by atoms with van der Waals surface area (Å²) in [5, 5.41) is 23.1. The predicted molar refractivity (Wildman–Crippen MR) is 89.6 cm³/mol. The molecule has 2 aromatic carbocycles. The highest BCUT2D eigenvalue weighted by molar-refractivity contribution is 5.98. The largest absolute Gasteiger partial charge is 0.508 e. The standard InChI is InChI=1S/C18H16F2N2O4/c19-13-7-11(23)1-3-15(13)21-17(25)9-5-10(6-9)18(26)22-16-4-2-12(24)8-14(16)20/h1-4,7-10,23-24H,5-6H2,(H,21,25)(H,22,26). The molecule has 0 aromatic heterocycles. The molecule has 0 radical (unpaired) electrons. The van der Waals surface area contributed by atoms with E-state index < -0.39 is 35.3 Å². The fourth-order valence-electron chi connectivity index (χ4n) is 2.73. The molecule has 1 fully saturated rings. The monoisotopic (exact) mass is 362 g/mol. The highest BCUT2D eigenvalue weighted by Gasteiger charge is 2.39. The number of amides is 2. The first-order valence-corrected chi connectivity index (χ1v) is 7.92. The van der Waals surface area contributed by atoms with Crippen LogP contribution in [0.2, 0.25) is 0 Å². The van der Waals surface area contributed by atoms with Gasteiger partial charge in [0.25, 0.3) is 0 Å². The van der Waals surface area contributed by atoms with Gasteiger partial charge in [-0.05, 0) is 37.1 Å². The van der Waals surface area contributed by atoms with Gasteiger partial charge in [0.1, 0.15) is 23.1 Å². The lowest BCUT2D eigenvalue weighted by atomic mass is 9.74. The molecule has 4 N–H and O–H groups in total. The van der Waals surface area contributed by atoms with Gasteiger partial charge in [-0.1, -0.05) is 0 Å². The summed E-state index contributed by atoms with van der Waals surface area (Å²) in [6.45, 7) is 0. The molecule has 2 aromatic rings. The van der Waals surface area contributed by atoms with Crippen molar-refractivity contribution in [3.8, 4) is 11.5 Å². The van der Waals surface area contributed by atoms with Gasteiger partial charge in [-0.25, -0.2) is 8.78 Å². The minimum Gasteiger partial charge on any atom is -0.508 e. The molecule has 0 atom stereocenters. The molecule has 0 unspecified atom stereocenters. The summed E-state index contributed by atoms with van der Waals surface area (Å²) in [7, 11) is 0. The number of hydrogen-bond acceptors (Lipinski definition) is 4. The third-order valence-corrected chi connectivity index (χ3v) is 4.30. The van der Waals surface area contributed by atoms with Crippen LogP contribution in [-0.4, -0.2) is 22.0 Å². The molecular formula is C18H16F2N2O4. The molecule has 0 aliphatic heterocycles. The Bertz CT molecular complexity index is 797. The number of carbonyl (C=O) groups excluding carboxylic acids is 2. The van der Waals surface area contributed by atoms with Crippen LogP contribution in [0.4, 0.5) is 20.2 Å². The van der Waals surface area contributed by atoms with Crippen molar-refractivity contribution in [2.45, 2.75) is 12.8 Å². The average Bonchev–Trinajstić information content (AvgIpc) is 2.51. The van der Waals surface area contributed by atoms with Crippen LogP contribution < -0.4 is 10.6 Å². The Hall–Kier alpha value is -3.16. The number of nitrogens with one attached hydrogen (secondary N) is 2. The zero-order valence-corrected chi connectivity index (χ0v) is 13.5. The Morgan fingerprint density at radius 3 is 1.54 bits per heavy atom. The number of aromatic hydroxyl groups is 2. The lowest BCUT2D eigenvalue weighted by Crippen LogP contribution is -2.40. The van der Waals surface area contributed by atoms with Crippen LogP contribution in [0.25, 0.3) is 0 Å². The van der Waals surface area contributed by atoms with Gasteiger partial charge in [-0.2, -0.15) is 0 Å². The Morgan fingerprint density at radius 1 is 0.808 bits per heavy atom. The highest BCUT2D eigenvalue weighted by atomic mass is 19.1. The summed E-state index contributed by atoms with van der Waals surface area (Å²) in [6.07, 6.45) is 0.522. The van der Waals surface area contributed by atoms with Crippen molar-refractivity contribution in [2.24, 2.45) is 11.8 Å². The van der Waals surface area contributed by atoms with Crippen LogP contribution in [0, 0.1) is 23.5 Å². The fourth-order valence-corrected chi connectivity index (χ4v) is 2.73. The SMILES string of the molecule is O=C(Nc1ccc(O)cc1F)C1CC(C(=O)Nc2ccc(O)cc2F)C1. The van der Waals surface area contributed by atoms with Gasteiger partial charge < -0.3 is 20.8 Å². The molecule has 1 aliphatic rings. The van der Waals surface area contributed by atoms with E-state index in [4.69, 9.17) is 10.2 Å². The van der Waals surface area contributed by atoms with E-state index in [0.717, 1.165) is 12.1 Å². The summed E-state index contributed by atoms with van der Waals surface area (Å²) in [5.74, 6) is -3.76. The number of carbonyl (C=O) groups is 2. The molecular weight excluding hydrogens is 346 g/mol. The van der Waals surface area contributed by atoms with Gasteiger partial charge >= 0.3 is 0 Å². The number of phenols is 2. The van der Waals surface area contributed by atoms with Gasteiger partial charge in [0, 0.05) is 24.0 Å². The summed E-state index contributed by atoms with van der Waals surface area (Å²) in [4.78, 5) is 24.2. The van der Waals surface area contributed by atoms with Crippen molar-refractivity contribution in [1.82, 2.24) is 0 Å². The first-order chi connectivity index (χ1) is 12.3. The number of anilines is 2. The number of hydrogen-bond donors (Lipinski definition) is 4. The third-order valence-electron chi connectivity index (χ3n) is 4.30. The van der Waals surface area contributed by atoms with E-state index in [2.05, 4.69) is 10.6 Å². The molecule has 3 rings (SSSR count). The number of halogens is 2. The normalized spacial score (nSPS) is 18.7. The molecule has 8 heteroatoms. The molecule has 0 saturated heterocycles. The van der Waals surface area contributed by atoms with E-state index in [1.165, 1.54) is 24.3 Å². The fraction of sp³-hybridized carbons (Fsp3) is 0.222. The van der Waals surface area contributed by atoms with Gasteiger partial charge in [0.2, 0.25) is 11.8 Å². The molecule has 26 heavy (non-hydrogen) atoms. The van der Waals surface area contributed by atoms with Gasteiger partial charge in [0.05, 0.1) is 11.4 Å². The van der Waals surface area contributed by atoms with Gasteiger partial charge in [-0.15, -0.1) is 0 Å². The van der Waals surface area contributed by atoms with Crippen LogP contribution >= 0.6 is 0 Å². The van der Waals surface area contributed by atoms with E-state index in [0.29, 0.717) is 0 Å². The van der Waals surface area contributed by atoms with Gasteiger partial charge in [-0.3, -0.25) is 9.59 Å². The molecule has 0 spiro atoms. The second-order valence-electron chi connectivity index (χ2n) is 6.17. The summed E-state index contributed by atoms with van der Waals surface area (Å²) in [5.41, 5.74) is -0.0984. The van der Waals surface area contributed by atoms with E-state index in [9.17, 15) is 18.4 Å². The summed E-state index contributed by atoms with van der Waals surface area (Å²) in [6, 6.07) is 6.78. The molecule has 136 valence electrons. The first-order valence-electron chi connectivity index (χ1n) is 7.92. The zero-order chi connectivity index (χ0) is 18.8. The zero-order valence-electron chi connectivity index (χ0n) is 13.5. The molecule has 0 heterocycles. The predicted octanol–water partition coefficient (Wildman–Crippen LogP) is 2.98. The van der Waals surface area contributed by atoms with Crippen molar-refractivity contribution in [3.63, 3.8) is 0 Å². The number of rotatable bonds is 4. The molecule has 2 amide bonds. The minimum absolute atomic E-state index is 0.0492. The molecule has 0 bridgehead atoms. The Balaban J connectivity index is 1.53. The van der Waals surface area contributed by atoms with E-state index in [1.807, 2.05) is 0 Å².